The Bertz CT molecular complexity index is 656. The molecule has 0 aromatic heterocycles. The smallest absolute Gasteiger partial charge is 0.258 e. The number of carbonyl (C=O) groups is 1. The lowest BCUT2D eigenvalue weighted by Crippen LogP contribution is -2.42. The first-order chi connectivity index (χ1) is 9.66. The van der Waals surface area contributed by atoms with Gasteiger partial charge in [-0.15, -0.1) is 12.6 Å². The number of thiol groups is 1. The van der Waals surface area contributed by atoms with E-state index in [-0.39, 0.29) is 5.91 Å². The Labute approximate surface area is 124 Å². The van der Waals surface area contributed by atoms with Gasteiger partial charge in [0, 0.05) is 30.6 Å². The van der Waals surface area contributed by atoms with Crippen LogP contribution in [-0.2, 0) is 0 Å². The van der Waals surface area contributed by atoms with Gasteiger partial charge in [-0.25, -0.2) is 0 Å². The van der Waals surface area contributed by atoms with Gasteiger partial charge in [-0.1, -0.05) is 18.2 Å². The summed E-state index contributed by atoms with van der Waals surface area (Å²) in [5.41, 5.74) is 2.74. The fourth-order valence-corrected chi connectivity index (χ4v) is 2.74. The van der Waals surface area contributed by atoms with Gasteiger partial charge in [-0.05, 0) is 30.3 Å². The molecule has 4 heteroatoms. The van der Waals surface area contributed by atoms with Crippen molar-refractivity contribution in [3.8, 4) is 0 Å². The van der Waals surface area contributed by atoms with Crippen molar-refractivity contribution in [1.82, 2.24) is 0 Å². The monoisotopic (exact) mass is 284 g/mol. The summed E-state index contributed by atoms with van der Waals surface area (Å²) in [4.78, 5) is 17.5. The van der Waals surface area contributed by atoms with Gasteiger partial charge in [0.1, 0.15) is 0 Å². The summed E-state index contributed by atoms with van der Waals surface area (Å²) in [5, 5.41) is 0. The summed E-state index contributed by atoms with van der Waals surface area (Å²) >= 11 is 4.30. The van der Waals surface area contributed by atoms with E-state index in [0.29, 0.717) is 12.1 Å². The van der Waals surface area contributed by atoms with Gasteiger partial charge < -0.3 is 9.80 Å². The minimum absolute atomic E-state index is 0.0291. The first-order valence-corrected chi connectivity index (χ1v) is 7.02. The summed E-state index contributed by atoms with van der Waals surface area (Å²) in [5.74, 6) is 0.0291. The van der Waals surface area contributed by atoms with Crippen molar-refractivity contribution in [3.63, 3.8) is 0 Å². The summed E-state index contributed by atoms with van der Waals surface area (Å²) < 4.78 is 0. The van der Waals surface area contributed by atoms with Gasteiger partial charge in [0.2, 0.25) is 0 Å². The Morgan fingerprint density at radius 3 is 2.55 bits per heavy atom. The van der Waals surface area contributed by atoms with Crippen LogP contribution in [0.1, 0.15) is 10.4 Å². The van der Waals surface area contributed by atoms with Crippen LogP contribution in [0.2, 0.25) is 0 Å². The number of hydrogen-bond acceptors (Lipinski definition) is 3. The quantitative estimate of drug-likeness (QED) is 0.814. The fraction of sp³-hybridized carbons (Fsp3) is 0.188. The van der Waals surface area contributed by atoms with Gasteiger partial charge >= 0.3 is 0 Å². The molecule has 0 spiro atoms. The largest absolute Gasteiger partial charge is 0.371 e. The van der Waals surface area contributed by atoms with Crippen LogP contribution in [0.25, 0.3) is 0 Å². The highest BCUT2D eigenvalue weighted by Gasteiger charge is 2.25. The van der Waals surface area contributed by atoms with Crippen molar-refractivity contribution in [2.24, 2.45) is 0 Å². The predicted molar refractivity (Wildman–Crippen MR) is 85.1 cm³/mol. The molecule has 0 N–H and O–H groups in total. The van der Waals surface area contributed by atoms with E-state index in [9.17, 15) is 4.79 Å². The maximum atomic E-state index is 12.7. The molecule has 20 heavy (non-hydrogen) atoms. The molecular weight excluding hydrogens is 268 g/mol. The number of nitrogens with zero attached hydrogens (tertiary/aromatic N) is 2. The number of amides is 1. The van der Waals surface area contributed by atoms with Crippen LogP contribution in [-0.4, -0.2) is 26.0 Å². The molecule has 2 aromatic carbocycles. The molecule has 0 bridgehead atoms. The van der Waals surface area contributed by atoms with Crippen molar-refractivity contribution in [1.29, 1.82) is 0 Å². The predicted octanol–water partition coefficient (Wildman–Crippen LogP) is 3.07. The number of anilines is 2. The average molecular weight is 284 g/mol. The second-order valence-electron chi connectivity index (χ2n) is 4.92. The molecule has 3 nitrogen and oxygen atoms in total. The number of hydrogen-bond donors (Lipinski definition) is 1. The van der Waals surface area contributed by atoms with E-state index in [4.69, 9.17) is 0 Å². The number of para-hydroxylation sites is 2. The molecule has 3 rings (SSSR count). The highest BCUT2D eigenvalue weighted by molar-refractivity contribution is 7.80. The zero-order chi connectivity index (χ0) is 14.1. The molecule has 102 valence electrons. The van der Waals surface area contributed by atoms with Crippen molar-refractivity contribution < 1.29 is 4.79 Å². The van der Waals surface area contributed by atoms with E-state index in [1.165, 1.54) is 0 Å². The molecule has 1 aliphatic rings. The molecule has 0 aliphatic carbocycles. The van der Waals surface area contributed by atoms with Crippen molar-refractivity contribution >= 4 is 29.9 Å². The molecule has 2 aromatic rings. The molecule has 0 radical (unpaired) electrons. The van der Waals surface area contributed by atoms with Crippen molar-refractivity contribution in [2.75, 3.05) is 29.9 Å². The molecule has 0 atom stereocenters. The van der Waals surface area contributed by atoms with E-state index in [2.05, 4.69) is 24.6 Å². The zero-order valence-electron chi connectivity index (χ0n) is 11.3. The normalized spacial score (nSPS) is 14.1. The molecule has 0 saturated heterocycles. The zero-order valence-corrected chi connectivity index (χ0v) is 12.2. The molecule has 1 amide bonds. The van der Waals surface area contributed by atoms with Gasteiger partial charge in [0.25, 0.3) is 5.91 Å². The standard InChI is InChI=1S/C16H16N2OS/c1-17-9-10-18(15-8-3-2-7-14(15)17)16(19)12-5-4-6-13(20)11-12/h2-8,11,20H,9-10H2,1H3. The van der Waals surface area contributed by atoms with Gasteiger partial charge in [-0.2, -0.15) is 0 Å². The number of benzene rings is 2. The number of rotatable bonds is 1. The van der Waals surface area contributed by atoms with Crippen LogP contribution in [0.3, 0.4) is 0 Å². The topological polar surface area (TPSA) is 23.6 Å². The van der Waals surface area contributed by atoms with E-state index >= 15 is 0 Å². The molecule has 0 saturated carbocycles. The van der Waals surface area contributed by atoms with Crippen molar-refractivity contribution in [3.05, 3.63) is 54.1 Å². The Balaban J connectivity index is 1.99. The van der Waals surface area contributed by atoms with E-state index in [1.54, 1.807) is 0 Å². The second kappa shape index (κ2) is 5.21. The minimum Gasteiger partial charge on any atom is -0.371 e. The first-order valence-electron chi connectivity index (χ1n) is 6.58. The van der Waals surface area contributed by atoms with Gasteiger partial charge in [-0.3, -0.25) is 4.79 Å². The highest BCUT2D eigenvalue weighted by Crippen LogP contribution is 2.32. The van der Waals surface area contributed by atoms with E-state index in [1.807, 2.05) is 53.4 Å². The Morgan fingerprint density at radius 2 is 1.80 bits per heavy atom. The third-order valence-corrected chi connectivity index (χ3v) is 3.86. The summed E-state index contributed by atoms with van der Waals surface area (Å²) in [6.07, 6.45) is 0. The van der Waals surface area contributed by atoms with Crippen LogP contribution in [0.15, 0.2) is 53.4 Å². The van der Waals surface area contributed by atoms with Gasteiger partial charge in [0.15, 0.2) is 0 Å². The lowest BCUT2D eigenvalue weighted by molar-refractivity contribution is 0.0986. The third kappa shape index (κ3) is 2.27. The molecule has 1 aliphatic heterocycles. The van der Waals surface area contributed by atoms with E-state index in [0.717, 1.165) is 22.8 Å². The summed E-state index contributed by atoms with van der Waals surface area (Å²) in [6, 6.07) is 15.4. The molecular formula is C16H16N2OS. The molecule has 1 heterocycles. The van der Waals surface area contributed by atoms with Crippen molar-refractivity contribution in [2.45, 2.75) is 4.90 Å². The third-order valence-electron chi connectivity index (χ3n) is 3.58. The SMILES string of the molecule is CN1CCN(C(=O)c2cccc(S)c2)c2ccccc21. The second-order valence-corrected chi connectivity index (χ2v) is 5.43. The summed E-state index contributed by atoms with van der Waals surface area (Å²) in [7, 11) is 2.05. The van der Waals surface area contributed by atoms with Gasteiger partial charge in [0.05, 0.1) is 11.4 Å². The first kappa shape index (κ1) is 13.1. The maximum Gasteiger partial charge on any atom is 0.258 e. The van der Waals surface area contributed by atoms with Crippen LogP contribution < -0.4 is 9.80 Å². The highest BCUT2D eigenvalue weighted by atomic mass is 32.1. The van der Waals surface area contributed by atoms with Crippen LogP contribution in [0.5, 0.6) is 0 Å². The Morgan fingerprint density at radius 1 is 1.05 bits per heavy atom. The Hall–Kier alpha value is -1.94. The average Bonchev–Trinajstić information content (AvgIpc) is 2.47. The number of fused-ring (bicyclic) bond motifs is 1. The van der Waals surface area contributed by atoms with Crippen LogP contribution in [0.4, 0.5) is 11.4 Å². The Kier molecular flexibility index (Phi) is 3.40. The lowest BCUT2D eigenvalue weighted by atomic mass is 10.1. The number of carbonyl (C=O) groups excluding carboxylic acids is 1. The van der Waals surface area contributed by atoms with Crippen LogP contribution in [0, 0.1) is 0 Å². The van der Waals surface area contributed by atoms with E-state index < -0.39 is 0 Å². The fourth-order valence-electron chi connectivity index (χ4n) is 2.51. The minimum atomic E-state index is 0.0291. The maximum absolute atomic E-state index is 12.7. The lowest BCUT2D eigenvalue weighted by Gasteiger charge is -2.35. The van der Waals surface area contributed by atoms with Crippen LogP contribution >= 0.6 is 12.6 Å². The molecule has 0 unspecified atom stereocenters. The molecule has 0 fully saturated rings. The summed E-state index contributed by atoms with van der Waals surface area (Å²) in [6.45, 7) is 1.53. The number of likely N-dealkylation sites (N-methyl/N-ethyl adjacent to an activating group) is 1.